The summed E-state index contributed by atoms with van der Waals surface area (Å²) in [6, 6.07) is 13.2. The Bertz CT molecular complexity index is 469. The second-order valence-corrected chi connectivity index (χ2v) is 4.82. The second-order valence-electron chi connectivity index (χ2n) is 3.57. The summed E-state index contributed by atoms with van der Waals surface area (Å²) in [4.78, 5) is 12.6. The Kier molecular flexibility index (Phi) is 4.18. The molecule has 0 radical (unpaired) electrons. The predicted molar refractivity (Wildman–Crippen MR) is 71.7 cm³/mol. The first-order valence-electron chi connectivity index (χ1n) is 5.26. The molecule has 1 aromatic heterocycles. The average Bonchev–Trinajstić information content (AvgIpc) is 2.90. The first-order valence-corrected chi connectivity index (χ1v) is 6.68. The van der Waals surface area contributed by atoms with Gasteiger partial charge in [-0.15, -0.1) is 22.9 Å². The number of thiophene rings is 1. The standard InChI is InChI=1S/C13H12ClNOS/c14-9-11(10-5-2-1-3-6-10)15-13(16)12-7-4-8-17-12/h1-8,11H,9H2,(H,15,16). The maximum atomic E-state index is 11.9. The van der Waals surface area contributed by atoms with Crippen molar-refractivity contribution in [2.45, 2.75) is 6.04 Å². The van der Waals surface area contributed by atoms with E-state index in [1.165, 1.54) is 11.3 Å². The van der Waals surface area contributed by atoms with E-state index in [4.69, 9.17) is 11.6 Å². The number of hydrogen-bond donors (Lipinski definition) is 1. The van der Waals surface area contributed by atoms with Gasteiger partial charge in [-0.25, -0.2) is 0 Å². The number of carbonyl (C=O) groups excluding carboxylic acids is 1. The summed E-state index contributed by atoms with van der Waals surface area (Å²) in [6.07, 6.45) is 0. The van der Waals surface area contributed by atoms with Crippen molar-refractivity contribution >= 4 is 28.8 Å². The van der Waals surface area contributed by atoms with Crippen LogP contribution in [0, 0.1) is 0 Å². The molecule has 1 unspecified atom stereocenters. The maximum absolute atomic E-state index is 11.9. The van der Waals surface area contributed by atoms with Crippen LogP contribution in [0.15, 0.2) is 47.8 Å². The maximum Gasteiger partial charge on any atom is 0.261 e. The molecule has 0 aliphatic rings. The topological polar surface area (TPSA) is 29.1 Å². The first kappa shape index (κ1) is 12.1. The van der Waals surface area contributed by atoms with Gasteiger partial charge in [-0.2, -0.15) is 0 Å². The van der Waals surface area contributed by atoms with Gasteiger partial charge in [-0.1, -0.05) is 36.4 Å². The minimum atomic E-state index is -0.146. The third kappa shape index (κ3) is 3.08. The van der Waals surface area contributed by atoms with Crippen molar-refractivity contribution in [3.63, 3.8) is 0 Å². The minimum absolute atomic E-state index is 0.0745. The first-order chi connectivity index (χ1) is 8.31. The van der Waals surface area contributed by atoms with Crippen LogP contribution in [0.1, 0.15) is 21.3 Å². The Balaban J connectivity index is 2.09. The van der Waals surface area contributed by atoms with Gasteiger partial charge in [0.15, 0.2) is 0 Å². The molecule has 0 saturated heterocycles. The number of halogens is 1. The van der Waals surface area contributed by atoms with Crippen LogP contribution in [0.2, 0.25) is 0 Å². The highest BCUT2D eigenvalue weighted by atomic mass is 35.5. The van der Waals surface area contributed by atoms with Crippen LogP contribution in [-0.4, -0.2) is 11.8 Å². The van der Waals surface area contributed by atoms with Crippen molar-refractivity contribution < 1.29 is 4.79 Å². The summed E-state index contributed by atoms with van der Waals surface area (Å²) >= 11 is 7.32. The molecule has 0 aliphatic heterocycles. The fourth-order valence-electron chi connectivity index (χ4n) is 1.53. The monoisotopic (exact) mass is 265 g/mol. The molecule has 1 aromatic carbocycles. The van der Waals surface area contributed by atoms with Crippen molar-refractivity contribution in [1.29, 1.82) is 0 Å². The van der Waals surface area contributed by atoms with Gasteiger partial charge in [0.1, 0.15) is 0 Å². The van der Waals surface area contributed by atoms with Crippen molar-refractivity contribution in [2.75, 3.05) is 5.88 Å². The summed E-state index contributed by atoms with van der Waals surface area (Å²) < 4.78 is 0. The fraction of sp³-hybridized carbons (Fsp3) is 0.154. The van der Waals surface area contributed by atoms with Gasteiger partial charge in [0.25, 0.3) is 5.91 Å². The molecule has 1 heterocycles. The van der Waals surface area contributed by atoms with Crippen LogP contribution >= 0.6 is 22.9 Å². The Morgan fingerprint density at radius 1 is 1.24 bits per heavy atom. The van der Waals surface area contributed by atoms with Crippen LogP contribution < -0.4 is 5.32 Å². The molecule has 2 aromatic rings. The zero-order valence-electron chi connectivity index (χ0n) is 9.10. The van der Waals surface area contributed by atoms with Crippen LogP contribution in [0.4, 0.5) is 0 Å². The second kappa shape index (κ2) is 5.84. The predicted octanol–water partition coefficient (Wildman–Crippen LogP) is 3.46. The smallest absolute Gasteiger partial charge is 0.261 e. The van der Waals surface area contributed by atoms with Crippen LogP contribution in [0.3, 0.4) is 0 Å². The Labute approximate surface area is 109 Å². The summed E-state index contributed by atoms with van der Waals surface area (Å²) in [6.45, 7) is 0. The van der Waals surface area contributed by atoms with E-state index < -0.39 is 0 Å². The normalized spacial score (nSPS) is 12.1. The lowest BCUT2D eigenvalue weighted by atomic mass is 10.1. The fourth-order valence-corrected chi connectivity index (χ4v) is 2.42. The summed E-state index contributed by atoms with van der Waals surface area (Å²) in [5.41, 5.74) is 1.02. The molecule has 2 rings (SSSR count). The third-order valence-corrected chi connectivity index (χ3v) is 3.58. The summed E-state index contributed by atoms with van der Waals surface area (Å²) in [5.74, 6) is 0.288. The molecule has 0 saturated carbocycles. The number of benzene rings is 1. The van der Waals surface area contributed by atoms with E-state index in [1.807, 2.05) is 41.8 Å². The molecular formula is C13H12ClNOS. The van der Waals surface area contributed by atoms with Crippen molar-refractivity contribution in [1.82, 2.24) is 5.32 Å². The highest BCUT2D eigenvalue weighted by Gasteiger charge is 2.14. The van der Waals surface area contributed by atoms with Gasteiger partial charge >= 0.3 is 0 Å². The molecule has 1 N–H and O–H groups in total. The molecule has 4 heteroatoms. The van der Waals surface area contributed by atoms with E-state index in [0.717, 1.165) is 5.56 Å². The Morgan fingerprint density at radius 2 is 2.00 bits per heavy atom. The molecule has 0 spiro atoms. The quantitative estimate of drug-likeness (QED) is 0.843. The molecule has 17 heavy (non-hydrogen) atoms. The van der Waals surface area contributed by atoms with Gasteiger partial charge < -0.3 is 5.32 Å². The van der Waals surface area contributed by atoms with E-state index in [-0.39, 0.29) is 11.9 Å². The Hall–Kier alpha value is -1.32. The largest absolute Gasteiger partial charge is 0.343 e. The summed E-state index contributed by atoms with van der Waals surface area (Å²) in [5, 5.41) is 4.81. The van der Waals surface area contributed by atoms with E-state index in [2.05, 4.69) is 5.32 Å². The van der Waals surface area contributed by atoms with Crippen LogP contribution in [0.25, 0.3) is 0 Å². The van der Waals surface area contributed by atoms with Gasteiger partial charge in [0, 0.05) is 5.88 Å². The zero-order chi connectivity index (χ0) is 12.1. The zero-order valence-corrected chi connectivity index (χ0v) is 10.7. The molecular weight excluding hydrogens is 254 g/mol. The number of nitrogens with one attached hydrogen (secondary N) is 1. The molecule has 1 amide bonds. The van der Waals surface area contributed by atoms with E-state index in [1.54, 1.807) is 6.07 Å². The lowest BCUT2D eigenvalue weighted by Gasteiger charge is -2.15. The van der Waals surface area contributed by atoms with Crippen molar-refractivity contribution in [3.8, 4) is 0 Å². The van der Waals surface area contributed by atoms with Crippen molar-refractivity contribution in [2.24, 2.45) is 0 Å². The number of carbonyl (C=O) groups is 1. The Morgan fingerprint density at radius 3 is 2.59 bits per heavy atom. The molecule has 1 atom stereocenters. The van der Waals surface area contributed by atoms with E-state index in [0.29, 0.717) is 10.8 Å². The molecule has 0 aliphatic carbocycles. The number of alkyl halides is 1. The van der Waals surface area contributed by atoms with Gasteiger partial charge in [0.2, 0.25) is 0 Å². The van der Waals surface area contributed by atoms with E-state index >= 15 is 0 Å². The van der Waals surface area contributed by atoms with Crippen LogP contribution in [-0.2, 0) is 0 Å². The highest BCUT2D eigenvalue weighted by molar-refractivity contribution is 7.12. The minimum Gasteiger partial charge on any atom is -0.343 e. The molecule has 2 nitrogen and oxygen atoms in total. The number of rotatable bonds is 4. The van der Waals surface area contributed by atoms with Gasteiger partial charge in [-0.3, -0.25) is 4.79 Å². The summed E-state index contributed by atoms with van der Waals surface area (Å²) in [7, 11) is 0. The molecule has 0 bridgehead atoms. The van der Waals surface area contributed by atoms with Gasteiger partial charge in [-0.05, 0) is 17.0 Å². The van der Waals surface area contributed by atoms with E-state index in [9.17, 15) is 4.79 Å². The SMILES string of the molecule is O=C(NC(CCl)c1ccccc1)c1cccs1. The van der Waals surface area contributed by atoms with Gasteiger partial charge in [0.05, 0.1) is 10.9 Å². The highest BCUT2D eigenvalue weighted by Crippen LogP contribution is 2.16. The number of amides is 1. The average molecular weight is 266 g/mol. The van der Waals surface area contributed by atoms with Crippen LogP contribution in [0.5, 0.6) is 0 Å². The number of hydrogen-bond acceptors (Lipinski definition) is 2. The molecule has 0 fully saturated rings. The molecule has 88 valence electrons. The lowest BCUT2D eigenvalue weighted by Crippen LogP contribution is -2.28. The van der Waals surface area contributed by atoms with Crippen molar-refractivity contribution in [3.05, 3.63) is 58.3 Å². The lowest BCUT2D eigenvalue weighted by molar-refractivity contribution is 0.0944. The third-order valence-electron chi connectivity index (χ3n) is 2.41.